The van der Waals surface area contributed by atoms with E-state index in [0.717, 1.165) is 18.2 Å². The van der Waals surface area contributed by atoms with Crippen molar-refractivity contribution in [2.75, 3.05) is 0 Å². The van der Waals surface area contributed by atoms with Crippen molar-refractivity contribution in [1.82, 2.24) is 9.78 Å². The second-order valence-electron chi connectivity index (χ2n) is 5.03. The molecule has 3 nitrogen and oxygen atoms in total. The molecule has 0 aromatic carbocycles. The minimum atomic E-state index is -0.947. The van der Waals surface area contributed by atoms with Crippen molar-refractivity contribution in [2.45, 2.75) is 45.3 Å². The molecule has 2 rings (SSSR count). The lowest BCUT2D eigenvalue weighted by Gasteiger charge is -2.24. The van der Waals surface area contributed by atoms with Gasteiger partial charge in [-0.25, -0.2) is 0 Å². The van der Waals surface area contributed by atoms with E-state index in [-0.39, 0.29) is 0 Å². The van der Waals surface area contributed by atoms with Crippen LogP contribution < -0.4 is 0 Å². The van der Waals surface area contributed by atoms with Crippen molar-refractivity contribution in [3.05, 3.63) is 18.0 Å². The summed E-state index contributed by atoms with van der Waals surface area (Å²) in [5, 5.41) is 13.8. The zero-order valence-corrected chi connectivity index (χ0v) is 9.90. The Labute approximate surface area is 96.5 Å². The van der Waals surface area contributed by atoms with Crippen molar-refractivity contribution >= 4 is 0 Å². The maximum absolute atomic E-state index is 9.47. The molecular weight excluding hydrogens is 200 g/mol. The first-order valence-corrected chi connectivity index (χ1v) is 5.82. The summed E-state index contributed by atoms with van der Waals surface area (Å²) in [4.78, 5) is 0. The first-order chi connectivity index (χ1) is 7.53. The number of nitrogens with zero attached hydrogens (tertiary/aromatic N) is 2. The van der Waals surface area contributed by atoms with Gasteiger partial charge in [0, 0.05) is 12.7 Å². The van der Waals surface area contributed by atoms with Crippen LogP contribution in [0.25, 0.3) is 0 Å². The molecule has 1 aromatic heterocycles. The van der Waals surface area contributed by atoms with Crippen LogP contribution in [0.4, 0.5) is 0 Å². The monoisotopic (exact) mass is 218 g/mol. The summed E-state index contributed by atoms with van der Waals surface area (Å²) in [6, 6.07) is 1.90. The number of aliphatic hydroxyl groups is 1. The molecule has 0 spiro atoms. The van der Waals surface area contributed by atoms with Gasteiger partial charge in [0.05, 0.1) is 0 Å². The molecule has 3 heteroatoms. The Kier molecular flexibility index (Phi) is 3.02. The van der Waals surface area contributed by atoms with E-state index in [2.05, 4.69) is 16.9 Å². The zero-order valence-electron chi connectivity index (χ0n) is 9.90. The highest BCUT2D eigenvalue weighted by molar-refractivity contribution is 5.28. The first-order valence-electron chi connectivity index (χ1n) is 5.82. The molecule has 1 aromatic rings. The van der Waals surface area contributed by atoms with E-state index in [0.29, 0.717) is 0 Å². The number of aromatic nitrogens is 2. The van der Waals surface area contributed by atoms with Gasteiger partial charge in [-0.2, -0.15) is 5.10 Å². The average molecular weight is 218 g/mol. The van der Waals surface area contributed by atoms with Crippen LogP contribution in [-0.2, 0) is 6.54 Å². The molecule has 0 bridgehead atoms. The van der Waals surface area contributed by atoms with E-state index in [1.54, 1.807) is 13.8 Å². The van der Waals surface area contributed by atoms with E-state index < -0.39 is 5.60 Å². The summed E-state index contributed by atoms with van der Waals surface area (Å²) >= 11 is 0. The summed E-state index contributed by atoms with van der Waals surface area (Å²) in [6.45, 7) is 4.35. The SMILES string of the molecule is CC(C)(O)C#Cc1ccn(CC2CCC2)n1. The summed E-state index contributed by atoms with van der Waals surface area (Å²) < 4.78 is 1.96. The van der Waals surface area contributed by atoms with Crippen molar-refractivity contribution in [3.8, 4) is 11.8 Å². The number of rotatable bonds is 2. The maximum Gasteiger partial charge on any atom is 0.135 e. The third kappa shape index (κ3) is 3.11. The molecule has 0 radical (unpaired) electrons. The van der Waals surface area contributed by atoms with E-state index in [9.17, 15) is 5.11 Å². The molecule has 0 saturated heterocycles. The molecule has 1 aliphatic rings. The Hall–Kier alpha value is -1.27. The molecule has 0 aliphatic heterocycles. The van der Waals surface area contributed by atoms with Gasteiger partial charge in [0.25, 0.3) is 0 Å². The minimum absolute atomic E-state index is 0.737. The fourth-order valence-corrected chi connectivity index (χ4v) is 1.69. The van der Waals surface area contributed by atoms with Crippen LogP contribution in [0, 0.1) is 17.8 Å². The summed E-state index contributed by atoms with van der Waals surface area (Å²) in [5.74, 6) is 6.45. The first kappa shape index (κ1) is 11.2. The summed E-state index contributed by atoms with van der Waals surface area (Å²) in [7, 11) is 0. The summed E-state index contributed by atoms with van der Waals surface area (Å²) in [5.41, 5.74) is -0.209. The van der Waals surface area contributed by atoms with Gasteiger partial charge in [-0.15, -0.1) is 0 Å². The maximum atomic E-state index is 9.47. The van der Waals surface area contributed by atoms with Crippen molar-refractivity contribution in [1.29, 1.82) is 0 Å². The van der Waals surface area contributed by atoms with Crippen molar-refractivity contribution in [2.24, 2.45) is 5.92 Å². The van der Waals surface area contributed by atoms with Gasteiger partial charge in [0.2, 0.25) is 0 Å². The highest BCUT2D eigenvalue weighted by atomic mass is 16.3. The van der Waals surface area contributed by atoms with E-state index >= 15 is 0 Å². The molecule has 1 N–H and O–H groups in total. The zero-order chi connectivity index (χ0) is 11.6. The number of hydrogen-bond acceptors (Lipinski definition) is 2. The highest BCUT2D eigenvalue weighted by Crippen LogP contribution is 2.27. The third-order valence-corrected chi connectivity index (χ3v) is 2.81. The van der Waals surface area contributed by atoms with Gasteiger partial charge in [-0.1, -0.05) is 12.3 Å². The molecular formula is C13H18N2O. The molecule has 1 saturated carbocycles. The van der Waals surface area contributed by atoms with Gasteiger partial charge < -0.3 is 5.11 Å². The fraction of sp³-hybridized carbons (Fsp3) is 0.615. The second kappa shape index (κ2) is 4.31. The molecule has 1 aliphatic carbocycles. The van der Waals surface area contributed by atoms with Gasteiger partial charge in [0.15, 0.2) is 0 Å². The van der Waals surface area contributed by atoms with Crippen LogP contribution in [0.2, 0.25) is 0 Å². The Morgan fingerprint density at radius 2 is 2.31 bits per heavy atom. The summed E-state index contributed by atoms with van der Waals surface area (Å²) in [6.07, 6.45) is 5.97. The molecule has 0 amide bonds. The van der Waals surface area contributed by atoms with Crippen LogP contribution in [0.1, 0.15) is 38.8 Å². The Morgan fingerprint density at radius 3 is 2.88 bits per heavy atom. The predicted molar refractivity (Wildman–Crippen MR) is 62.7 cm³/mol. The van der Waals surface area contributed by atoms with Gasteiger partial charge in [0.1, 0.15) is 11.3 Å². The largest absolute Gasteiger partial charge is 0.378 e. The van der Waals surface area contributed by atoms with E-state index in [1.165, 1.54) is 19.3 Å². The molecule has 86 valence electrons. The van der Waals surface area contributed by atoms with Gasteiger partial charge >= 0.3 is 0 Å². The molecule has 1 heterocycles. The smallest absolute Gasteiger partial charge is 0.135 e. The minimum Gasteiger partial charge on any atom is -0.378 e. The number of hydrogen-bond donors (Lipinski definition) is 1. The second-order valence-corrected chi connectivity index (χ2v) is 5.03. The van der Waals surface area contributed by atoms with Crippen molar-refractivity contribution in [3.63, 3.8) is 0 Å². The van der Waals surface area contributed by atoms with E-state index in [4.69, 9.17) is 0 Å². The lowest BCUT2D eigenvalue weighted by atomic mass is 9.85. The Morgan fingerprint density at radius 1 is 1.56 bits per heavy atom. The lowest BCUT2D eigenvalue weighted by molar-refractivity contribution is 0.143. The molecule has 0 atom stereocenters. The van der Waals surface area contributed by atoms with Crippen LogP contribution in [0.15, 0.2) is 12.3 Å². The highest BCUT2D eigenvalue weighted by Gasteiger charge is 2.17. The van der Waals surface area contributed by atoms with E-state index in [1.807, 2.05) is 16.9 Å². The normalized spacial score (nSPS) is 16.4. The molecule has 16 heavy (non-hydrogen) atoms. The fourth-order valence-electron chi connectivity index (χ4n) is 1.69. The Balaban J connectivity index is 1.98. The van der Waals surface area contributed by atoms with Crippen LogP contribution >= 0.6 is 0 Å². The Bertz CT molecular complexity index is 413. The standard InChI is InChI=1S/C13H18N2O/c1-13(2,16)8-6-12-7-9-15(14-12)10-11-4-3-5-11/h7,9,11,16H,3-5,10H2,1-2H3. The third-order valence-electron chi connectivity index (χ3n) is 2.81. The molecule has 1 fully saturated rings. The van der Waals surface area contributed by atoms with Crippen molar-refractivity contribution < 1.29 is 5.11 Å². The van der Waals surface area contributed by atoms with Crippen LogP contribution in [0.5, 0.6) is 0 Å². The average Bonchev–Trinajstić information content (AvgIpc) is 2.55. The van der Waals surface area contributed by atoms with Gasteiger partial charge in [-0.3, -0.25) is 4.68 Å². The van der Waals surface area contributed by atoms with Crippen LogP contribution in [0.3, 0.4) is 0 Å². The molecule has 0 unspecified atom stereocenters. The van der Waals surface area contributed by atoms with Crippen LogP contribution in [-0.4, -0.2) is 20.5 Å². The predicted octanol–water partition coefficient (Wildman–Crippen LogP) is 1.81. The quantitative estimate of drug-likeness (QED) is 0.769. The van der Waals surface area contributed by atoms with Gasteiger partial charge in [-0.05, 0) is 44.6 Å². The lowest BCUT2D eigenvalue weighted by Crippen LogP contribution is -2.18. The topological polar surface area (TPSA) is 38.0 Å².